The van der Waals surface area contributed by atoms with Crippen molar-refractivity contribution in [2.45, 2.75) is 26.7 Å². The van der Waals surface area contributed by atoms with Gasteiger partial charge in [0.2, 0.25) is 5.78 Å². The zero-order valence-electron chi connectivity index (χ0n) is 17.5. The molecule has 2 heterocycles. The normalized spacial score (nSPS) is 13.2. The molecule has 1 fully saturated rings. The van der Waals surface area contributed by atoms with Crippen LogP contribution in [0.5, 0.6) is 0 Å². The van der Waals surface area contributed by atoms with Gasteiger partial charge in [-0.2, -0.15) is 0 Å². The molecule has 3 rings (SSSR count). The van der Waals surface area contributed by atoms with Crippen molar-refractivity contribution in [3.05, 3.63) is 56.4 Å². The third kappa shape index (κ3) is 4.42. The molecule has 0 radical (unpaired) electrons. The van der Waals surface area contributed by atoms with Crippen molar-refractivity contribution in [1.82, 2.24) is 4.98 Å². The summed E-state index contributed by atoms with van der Waals surface area (Å²) in [4.78, 5) is 52.4. The van der Waals surface area contributed by atoms with Crippen LogP contribution in [-0.4, -0.2) is 54.4 Å². The van der Waals surface area contributed by atoms with Gasteiger partial charge in [-0.25, -0.2) is 9.59 Å². The minimum atomic E-state index is -0.849. The molecule has 0 spiro atoms. The van der Waals surface area contributed by atoms with Crippen molar-refractivity contribution in [3.8, 4) is 0 Å². The highest BCUT2D eigenvalue weighted by molar-refractivity contribution is 6.03. The molecule has 10 nitrogen and oxygen atoms in total. The largest absolute Gasteiger partial charge is 0.465 e. The van der Waals surface area contributed by atoms with E-state index in [9.17, 15) is 24.5 Å². The molecule has 2 aromatic rings. The minimum Gasteiger partial charge on any atom is -0.465 e. The predicted octanol–water partition coefficient (Wildman–Crippen LogP) is 2.97. The highest BCUT2D eigenvalue weighted by Crippen LogP contribution is 2.32. The van der Waals surface area contributed by atoms with Crippen LogP contribution in [0.15, 0.2) is 18.2 Å². The third-order valence-corrected chi connectivity index (χ3v) is 5.29. The van der Waals surface area contributed by atoms with E-state index in [2.05, 4.69) is 4.98 Å². The summed E-state index contributed by atoms with van der Waals surface area (Å²) in [6.07, 6.45) is 1.91. The van der Waals surface area contributed by atoms with Gasteiger partial charge < -0.3 is 19.4 Å². The molecule has 0 bridgehead atoms. The van der Waals surface area contributed by atoms with Gasteiger partial charge in [0.25, 0.3) is 5.69 Å². The van der Waals surface area contributed by atoms with Gasteiger partial charge in [0.15, 0.2) is 6.61 Å². The molecule has 0 aliphatic carbocycles. The fraction of sp³-hybridized carbons (Fsp3) is 0.381. The number of benzene rings is 1. The number of methoxy groups -OCH3 is 1. The number of aromatic nitrogens is 1. The number of carbonyl (C=O) groups is 3. The molecule has 1 N–H and O–H groups in total. The third-order valence-electron chi connectivity index (χ3n) is 5.29. The summed E-state index contributed by atoms with van der Waals surface area (Å²) in [5.74, 6) is -1.96. The van der Waals surface area contributed by atoms with Crippen molar-refractivity contribution in [2.24, 2.45) is 0 Å². The average molecular weight is 429 g/mol. The van der Waals surface area contributed by atoms with Gasteiger partial charge in [-0.3, -0.25) is 14.9 Å². The number of anilines is 1. The summed E-state index contributed by atoms with van der Waals surface area (Å²) >= 11 is 0. The number of hydrogen-bond acceptors (Lipinski definition) is 8. The Hall–Kier alpha value is -3.69. The van der Waals surface area contributed by atoms with E-state index < -0.39 is 29.3 Å². The van der Waals surface area contributed by atoms with E-state index in [0.29, 0.717) is 16.9 Å². The van der Waals surface area contributed by atoms with Crippen molar-refractivity contribution in [1.29, 1.82) is 0 Å². The Morgan fingerprint density at radius 2 is 1.84 bits per heavy atom. The Bertz CT molecular complexity index is 1050. The molecule has 0 amide bonds. The fourth-order valence-corrected chi connectivity index (χ4v) is 3.75. The van der Waals surface area contributed by atoms with E-state index in [1.807, 2.05) is 4.90 Å². The summed E-state index contributed by atoms with van der Waals surface area (Å²) in [5, 5.41) is 11.5. The smallest absolute Gasteiger partial charge is 0.339 e. The first-order valence-electron chi connectivity index (χ1n) is 9.75. The summed E-state index contributed by atoms with van der Waals surface area (Å²) in [6, 6.07) is 4.15. The number of aromatic amines is 1. The number of rotatable bonds is 7. The molecule has 1 aliphatic rings. The van der Waals surface area contributed by atoms with E-state index in [0.717, 1.165) is 25.9 Å². The standard InChI is InChI=1S/C21H23N3O7/c1-12-18(21(27)30-3)13(2)22-19(12)17(25)11-31-20(26)14-6-7-15(16(10-14)24(28)29)23-8-4-5-9-23/h6-7,10,22H,4-5,8-9,11H2,1-3H3. The lowest BCUT2D eigenvalue weighted by molar-refractivity contribution is -0.384. The Morgan fingerprint density at radius 3 is 2.45 bits per heavy atom. The molecule has 10 heteroatoms. The maximum Gasteiger partial charge on any atom is 0.339 e. The van der Waals surface area contributed by atoms with Gasteiger partial charge >= 0.3 is 11.9 Å². The van der Waals surface area contributed by atoms with Gasteiger partial charge in [0, 0.05) is 24.8 Å². The van der Waals surface area contributed by atoms with E-state index in [1.54, 1.807) is 13.8 Å². The number of H-pyrrole nitrogens is 1. The quantitative estimate of drug-likeness (QED) is 0.307. The van der Waals surface area contributed by atoms with Crippen molar-refractivity contribution >= 4 is 29.1 Å². The molecular formula is C21H23N3O7. The van der Waals surface area contributed by atoms with Gasteiger partial charge in [-0.1, -0.05) is 0 Å². The molecule has 1 aliphatic heterocycles. The van der Waals surface area contributed by atoms with E-state index in [-0.39, 0.29) is 22.5 Å². The first-order valence-corrected chi connectivity index (χ1v) is 9.75. The summed E-state index contributed by atoms with van der Waals surface area (Å²) in [5.41, 5.74) is 1.52. The van der Waals surface area contributed by atoms with Crippen LogP contribution in [0.2, 0.25) is 0 Å². The lowest BCUT2D eigenvalue weighted by Gasteiger charge is -2.17. The van der Waals surface area contributed by atoms with Crippen LogP contribution >= 0.6 is 0 Å². The maximum absolute atomic E-state index is 12.5. The second-order valence-corrected chi connectivity index (χ2v) is 7.27. The Balaban J connectivity index is 1.74. The Morgan fingerprint density at radius 1 is 1.16 bits per heavy atom. The molecule has 31 heavy (non-hydrogen) atoms. The van der Waals surface area contributed by atoms with Gasteiger partial charge in [0.05, 0.1) is 28.9 Å². The SMILES string of the molecule is COC(=O)c1c(C)[nH]c(C(=O)COC(=O)c2ccc(N3CCCC3)c([N+](=O)[O-])c2)c1C. The Labute approximate surface area is 178 Å². The molecule has 1 aromatic heterocycles. The minimum absolute atomic E-state index is 0.0166. The Kier molecular flexibility index (Phi) is 6.38. The fourth-order valence-electron chi connectivity index (χ4n) is 3.75. The van der Waals surface area contributed by atoms with Gasteiger partial charge in [0.1, 0.15) is 5.69 Å². The first-order chi connectivity index (χ1) is 14.7. The van der Waals surface area contributed by atoms with Crippen molar-refractivity contribution in [2.75, 3.05) is 31.7 Å². The lowest BCUT2D eigenvalue weighted by Crippen LogP contribution is -2.20. The second-order valence-electron chi connectivity index (χ2n) is 7.27. The molecular weight excluding hydrogens is 406 g/mol. The number of Topliss-reactive ketones (excluding diaryl/α,β-unsaturated/α-hetero) is 1. The van der Waals surface area contributed by atoms with Gasteiger partial charge in [-0.15, -0.1) is 0 Å². The topological polar surface area (TPSA) is 132 Å². The predicted molar refractivity (Wildman–Crippen MR) is 111 cm³/mol. The highest BCUT2D eigenvalue weighted by atomic mass is 16.6. The monoisotopic (exact) mass is 429 g/mol. The number of nitro groups is 1. The molecule has 1 saturated heterocycles. The number of ketones is 1. The molecule has 0 unspecified atom stereocenters. The number of aryl methyl sites for hydroxylation is 1. The van der Waals surface area contributed by atoms with Crippen LogP contribution < -0.4 is 4.90 Å². The van der Waals surface area contributed by atoms with Crippen LogP contribution in [0, 0.1) is 24.0 Å². The average Bonchev–Trinajstić information content (AvgIpc) is 3.39. The number of hydrogen-bond donors (Lipinski definition) is 1. The summed E-state index contributed by atoms with van der Waals surface area (Å²) in [6.45, 7) is 4.08. The van der Waals surface area contributed by atoms with E-state index >= 15 is 0 Å². The van der Waals surface area contributed by atoms with Crippen LogP contribution in [0.3, 0.4) is 0 Å². The number of nitrogens with one attached hydrogen (secondary N) is 1. The van der Waals surface area contributed by atoms with Crippen LogP contribution in [0.1, 0.15) is 55.3 Å². The van der Waals surface area contributed by atoms with Crippen LogP contribution in [-0.2, 0) is 9.47 Å². The number of carbonyl (C=O) groups excluding carboxylic acids is 3. The highest BCUT2D eigenvalue weighted by Gasteiger charge is 2.26. The molecule has 0 atom stereocenters. The second kappa shape index (κ2) is 8.99. The molecule has 1 aromatic carbocycles. The van der Waals surface area contributed by atoms with E-state index in [4.69, 9.17) is 9.47 Å². The van der Waals surface area contributed by atoms with Crippen LogP contribution in [0.4, 0.5) is 11.4 Å². The van der Waals surface area contributed by atoms with Crippen molar-refractivity contribution in [3.63, 3.8) is 0 Å². The summed E-state index contributed by atoms with van der Waals surface area (Å²) in [7, 11) is 1.24. The summed E-state index contributed by atoms with van der Waals surface area (Å²) < 4.78 is 9.78. The molecule has 164 valence electrons. The van der Waals surface area contributed by atoms with E-state index in [1.165, 1.54) is 25.3 Å². The maximum atomic E-state index is 12.5. The number of esters is 2. The van der Waals surface area contributed by atoms with Crippen molar-refractivity contribution < 1.29 is 28.8 Å². The van der Waals surface area contributed by atoms with Gasteiger partial charge in [-0.05, 0) is 44.4 Å². The van der Waals surface area contributed by atoms with Crippen LogP contribution in [0.25, 0.3) is 0 Å². The number of nitrogens with zero attached hydrogens (tertiary/aromatic N) is 2. The zero-order chi connectivity index (χ0) is 22.7. The number of ether oxygens (including phenoxy) is 2. The zero-order valence-corrected chi connectivity index (χ0v) is 17.5. The molecule has 0 saturated carbocycles. The first kappa shape index (κ1) is 22.0. The number of nitro benzene ring substituents is 1. The lowest BCUT2D eigenvalue weighted by atomic mass is 10.1.